The summed E-state index contributed by atoms with van der Waals surface area (Å²) < 4.78 is 82.5. The van der Waals surface area contributed by atoms with Gasteiger partial charge in [0.25, 0.3) is 5.91 Å². The van der Waals surface area contributed by atoms with Crippen LogP contribution in [0.25, 0.3) is 0 Å². The average Bonchev–Trinajstić information content (AvgIpc) is 3.93. The molecule has 2 N–H and O–H groups in total. The number of methoxy groups -OCH3 is 1. The van der Waals surface area contributed by atoms with Crippen molar-refractivity contribution in [2.45, 2.75) is 108 Å². The average molecular weight is 822 g/mol. The Labute approximate surface area is 333 Å². The summed E-state index contributed by atoms with van der Waals surface area (Å²) in [5.41, 5.74) is 5.24. The minimum atomic E-state index is -4.82. The predicted octanol–water partition coefficient (Wildman–Crippen LogP) is 6.19. The van der Waals surface area contributed by atoms with Crippen LogP contribution in [-0.2, 0) is 37.0 Å². The largest absolute Gasteiger partial charge is 0.467 e. The van der Waals surface area contributed by atoms with Gasteiger partial charge in [0, 0.05) is 61.9 Å². The number of nitrogen functional groups attached to an aromatic ring is 1. The fourth-order valence-electron chi connectivity index (χ4n) is 9.69. The summed E-state index contributed by atoms with van der Waals surface area (Å²) in [6.45, 7) is 5.29. The van der Waals surface area contributed by atoms with Crippen LogP contribution in [0.3, 0.4) is 0 Å². The van der Waals surface area contributed by atoms with E-state index in [4.69, 9.17) is 26.8 Å². The van der Waals surface area contributed by atoms with Crippen molar-refractivity contribution in [2.75, 3.05) is 64.1 Å². The maximum atomic E-state index is 15.1. The molecular weight excluding hydrogens is 773 g/mol. The fraction of sp³-hybridized carbons (Fsp3) is 0.641. The molecule has 18 heteroatoms. The standard InChI is InChI=1S/C32H37ClF4N8O3.C7H12FN/c1-42-10-4-3-8-31(42)9-13-44(17-31)29(46)27-25(33)22-15-43(11-5-12-45(22)41-27)28-18-16-48-23(14-21(18)39-30(40-28)47-2)24-19(32(35,36)37)6-7-20(38)26(24)34;8-6-4-7-2-1-3-9(7)5-6/h6-7,23H,3-5,8-17,38H2,1-2H3;6-7H,1-5H2. The lowest BCUT2D eigenvalue weighted by Gasteiger charge is -2.42. The highest BCUT2D eigenvalue weighted by molar-refractivity contribution is 6.34. The SMILES string of the molecule is COc1nc2c(c(N3CCCn4nc(C(=O)N5CCC6(CCCCN6C)C5)c(Cl)c4C3)n1)COC(c1c(C(F)(F)F)ccc(N)c1F)C2.FC1CC2CCCN2C1. The number of carbonyl (C=O) groups excluding carboxylic acids is 1. The van der Waals surface area contributed by atoms with Crippen LogP contribution >= 0.6 is 11.6 Å². The van der Waals surface area contributed by atoms with E-state index in [1.807, 2.05) is 9.80 Å². The van der Waals surface area contributed by atoms with Crippen molar-refractivity contribution in [2.24, 2.45) is 0 Å². The molecule has 4 atom stereocenters. The highest BCUT2D eigenvalue weighted by Gasteiger charge is 2.45. The van der Waals surface area contributed by atoms with Gasteiger partial charge in [-0.25, -0.2) is 8.78 Å². The van der Waals surface area contributed by atoms with Gasteiger partial charge in [0.1, 0.15) is 12.0 Å². The summed E-state index contributed by atoms with van der Waals surface area (Å²) in [5, 5.41) is 4.96. The lowest BCUT2D eigenvalue weighted by molar-refractivity contribution is -0.140. The molecule has 6 aliphatic heterocycles. The maximum absolute atomic E-state index is 15.1. The normalized spacial score (nSPS) is 26.5. The number of carbonyl (C=O) groups is 1. The topological polar surface area (TPSA) is 118 Å². The molecule has 1 aromatic carbocycles. The molecule has 57 heavy (non-hydrogen) atoms. The van der Waals surface area contributed by atoms with E-state index in [1.54, 1.807) is 4.68 Å². The van der Waals surface area contributed by atoms with Gasteiger partial charge in [-0.05, 0) is 77.2 Å². The van der Waals surface area contributed by atoms with Crippen LogP contribution in [-0.4, -0.2) is 112 Å². The highest BCUT2D eigenvalue weighted by Crippen LogP contribution is 2.44. The molecule has 9 rings (SSSR count). The van der Waals surface area contributed by atoms with Gasteiger partial charge in [-0.2, -0.15) is 28.2 Å². The smallest absolute Gasteiger partial charge is 0.416 e. The lowest BCUT2D eigenvalue weighted by atomic mass is 9.86. The number of anilines is 2. The molecule has 8 heterocycles. The first-order valence-corrected chi connectivity index (χ1v) is 20.2. The first kappa shape index (κ1) is 40.0. The molecule has 310 valence electrons. The van der Waals surface area contributed by atoms with Gasteiger partial charge >= 0.3 is 12.2 Å². The van der Waals surface area contributed by atoms with E-state index in [-0.39, 0.29) is 47.7 Å². The summed E-state index contributed by atoms with van der Waals surface area (Å²) in [6, 6.07) is 2.27. The Balaban J connectivity index is 0.000000441. The maximum Gasteiger partial charge on any atom is 0.416 e. The second-order valence-corrected chi connectivity index (χ2v) is 16.6. The van der Waals surface area contributed by atoms with Crippen molar-refractivity contribution in [3.05, 3.63) is 56.7 Å². The zero-order valence-electron chi connectivity index (χ0n) is 32.3. The molecule has 0 saturated carbocycles. The lowest BCUT2D eigenvalue weighted by Crippen LogP contribution is -2.51. The Morgan fingerprint density at radius 2 is 1.89 bits per heavy atom. The number of alkyl halides is 4. The van der Waals surface area contributed by atoms with Crippen LogP contribution in [0.1, 0.15) is 96.0 Å². The second kappa shape index (κ2) is 15.8. The van der Waals surface area contributed by atoms with Crippen molar-refractivity contribution in [3.63, 3.8) is 0 Å². The quantitative estimate of drug-likeness (QED) is 0.241. The minimum absolute atomic E-state index is 0.00357. The van der Waals surface area contributed by atoms with Gasteiger partial charge < -0.3 is 25.0 Å². The summed E-state index contributed by atoms with van der Waals surface area (Å²) in [6.07, 6.45) is 1.47. The third-order valence-corrected chi connectivity index (χ3v) is 13.2. The van der Waals surface area contributed by atoms with E-state index in [1.165, 1.54) is 20.0 Å². The van der Waals surface area contributed by atoms with E-state index in [0.717, 1.165) is 57.3 Å². The molecule has 4 unspecified atom stereocenters. The molecule has 4 saturated heterocycles. The Morgan fingerprint density at radius 3 is 2.65 bits per heavy atom. The van der Waals surface area contributed by atoms with Crippen LogP contribution in [0.15, 0.2) is 12.1 Å². The molecule has 0 bridgehead atoms. The number of hydrogen-bond acceptors (Lipinski definition) is 10. The molecule has 2 aromatic heterocycles. The van der Waals surface area contributed by atoms with Crippen LogP contribution in [0, 0.1) is 5.82 Å². The summed E-state index contributed by atoms with van der Waals surface area (Å²) in [4.78, 5) is 31.3. The number of rotatable bonds is 4. The highest BCUT2D eigenvalue weighted by atomic mass is 35.5. The molecule has 6 aliphatic rings. The van der Waals surface area contributed by atoms with E-state index in [2.05, 4.69) is 31.9 Å². The monoisotopic (exact) mass is 821 g/mol. The fourth-order valence-corrected chi connectivity index (χ4v) is 9.97. The number of halogens is 6. The van der Waals surface area contributed by atoms with Gasteiger partial charge in [0.15, 0.2) is 11.5 Å². The van der Waals surface area contributed by atoms with Gasteiger partial charge in [0.05, 0.1) is 54.0 Å². The number of hydrogen-bond donors (Lipinski definition) is 1. The van der Waals surface area contributed by atoms with Crippen LogP contribution < -0.4 is 15.4 Å². The first-order valence-electron chi connectivity index (χ1n) is 19.9. The Hall–Kier alpha value is -3.80. The number of nitrogens with zero attached hydrogens (tertiary/aromatic N) is 8. The number of likely N-dealkylation sites (tertiary alicyclic amines) is 2. The molecule has 4 fully saturated rings. The summed E-state index contributed by atoms with van der Waals surface area (Å²) in [7, 11) is 3.52. The zero-order chi connectivity index (χ0) is 40.2. The molecular formula is C39H49ClF5N9O3. The third kappa shape index (κ3) is 7.64. The third-order valence-electron chi connectivity index (χ3n) is 12.8. The molecule has 1 amide bonds. The number of amides is 1. The minimum Gasteiger partial charge on any atom is -0.467 e. The summed E-state index contributed by atoms with van der Waals surface area (Å²) in [5.74, 6) is -0.898. The molecule has 0 aliphatic carbocycles. The van der Waals surface area contributed by atoms with Gasteiger partial charge in [-0.1, -0.05) is 18.0 Å². The van der Waals surface area contributed by atoms with E-state index >= 15 is 4.39 Å². The van der Waals surface area contributed by atoms with Crippen molar-refractivity contribution in [1.29, 1.82) is 0 Å². The van der Waals surface area contributed by atoms with Crippen molar-refractivity contribution >= 4 is 29.0 Å². The first-order chi connectivity index (χ1) is 27.3. The van der Waals surface area contributed by atoms with Crippen molar-refractivity contribution in [3.8, 4) is 6.01 Å². The number of benzene rings is 1. The number of likely N-dealkylation sites (N-methyl/N-ethyl adjacent to an activating group) is 1. The second-order valence-electron chi connectivity index (χ2n) is 16.2. The van der Waals surface area contributed by atoms with E-state index in [9.17, 15) is 22.4 Å². The summed E-state index contributed by atoms with van der Waals surface area (Å²) >= 11 is 6.93. The number of aryl methyl sites for hydroxylation is 1. The molecule has 0 radical (unpaired) electrons. The number of piperidine rings is 1. The molecule has 1 spiro atoms. The van der Waals surface area contributed by atoms with Crippen LogP contribution in [0.4, 0.5) is 33.5 Å². The van der Waals surface area contributed by atoms with E-state index < -0.39 is 41.1 Å². The number of ether oxygens (including phenoxy) is 2. The van der Waals surface area contributed by atoms with Crippen molar-refractivity contribution in [1.82, 2.24) is 34.4 Å². The zero-order valence-corrected chi connectivity index (χ0v) is 33.0. The van der Waals surface area contributed by atoms with Crippen molar-refractivity contribution < 1.29 is 36.2 Å². The molecule has 3 aromatic rings. The number of nitrogens with two attached hydrogens (primary N) is 1. The number of fused-ring (bicyclic) bond motifs is 3. The van der Waals surface area contributed by atoms with Crippen LogP contribution in [0.5, 0.6) is 6.01 Å². The Bertz CT molecular complexity index is 1990. The Kier molecular flexibility index (Phi) is 11.1. The number of aromatic nitrogens is 4. The van der Waals surface area contributed by atoms with Gasteiger partial charge in [0.2, 0.25) is 0 Å². The van der Waals surface area contributed by atoms with Gasteiger partial charge in [-0.3, -0.25) is 19.3 Å². The predicted molar refractivity (Wildman–Crippen MR) is 202 cm³/mol. The molecule has 12 nitrogen and oxygen atoms in total. The van der Waals surface area contributed by atoms with Gasteiger partial charge in [-0.15, -0.1) is 0 Å². The van der Waals surface area contributed by atoms with E-state index in [0.29, 0.717) is 68.0 Å². The van der Waals surface area contributed by atoms with Crippen LogP contribution in [0.2, 0.25) is 5.02 Å². The Morgan fingerprint density at radius 1 is 1.07 bits per heavy atom.